The summed E-state index contributed by atoms with van der Waals surface area (Å²) in [5, 5.41) is 2.44. The minimum Gasteiger partial charge on any atom is -0.398 e. The largest absolute Gasteiger partial charge is 0.398 e. The number of aromatic nitrogens is 2. The van der Waals surface area contributed by atoms with Crippen molar-refractivity contribution in [2.75, 3.05) is 5.73 Å². The standard InChI is InChI=1S/C18H15N3/c1-12-9-14(19)10-21-11-17(20-18(12)21)16-8-4-6-13-5-2-3-7-15(13)16/h2-11H,19H2,1H3. The van der Waals surface area contributed by atoms with Crippen molar-refractivity contribution in [2.45, 2.75) is 6.92 Å². The van der Waals surface area contributed by atoms with Gasteiger partial charge < -0.3 is 10.1 Å². The van der Waals surface area contributed by atoms with Gasteiger partial charge in [-0.15, -0.1) is 0 Å². The van der Waals surface area contributed by atoms with Crippen LogP contribution in [0.15, 0.2) is 60.9 Å². The third-order valence-electron chi connectivity index (χ3n) is 3.82. The fraction of sp³-hybridized carbons (Fsp3) is 0.0556. The number of imidazole rings is 1. The number of pyridine rings is 1. The second kappa shape index (κ2) is 4.35. The van der Waals surface area contributed by atoms with E-state index in [-0.39, 0.29) is 0 Å². The van der Waals surface area contributed by atoms with Crippen LogP contribution in [0, 0.1) is 6.92 Å². The van der Waals surface area contributed by atoms with Gasteiger partial charge in [0, 0.05) is 23.6 Å². The molecule has 2 aromatic heterocycles. The van der Waals surface area contributed by atoms with Crippen LogP contribution in [0.3, 0.4) is 0 Å². The Kier molecular flexibility index (Phi) is 2.48. The number of rotatable bonds is 1. The maximum absolute atomic E-state index is 5.91. The predicted octanol–water partition coefficient (Wildman–Crippen LogP) is 4.05. The highest BCUT2D eigenvalue weighted by Crippen LogP contribution is 2.29. The quantitative estimate of drug-likeness (QED) is 0.568. The summed E-state index contributed by atoms with van der Waals surface area (Å²) in [6.45, 7) is 2.03. The topological polar surface area (TPSA) is 43.3 Å². The molecule has 0 aliphatic heterocycles. The van der Waals surface area contributed by atoms with E-state index in [4.69, 9.17) is 10.7 Å². The monoisotopic (exact) mass is 273 g/mol. The number of nitrogen functional groups attached to an aromatic ring is 1. The van der Waals surface area contributed by atoms with Crippen LogP contribution in [-0.4, -0.2) is 9.38 Å². The van der Waals surface area contributed by atoms with Crippen molar-refractivity contribution in [3.8, 4) is 11.3 Å². The molecule has 0 spiro atoms. The Labute approximate surface area is 122 Å². The van der Waals surface area contributed by atoms with Gasteiger partial charge in [-0.25, -0.2) is 4.98 Å². The average Bonchev–Trinajstić information content (AvgIpc) is 2.90. The van der Waals surface area contributed by atoms with Crippen LogP contribution in [0.1, 0.15) is 5.56 Å². The summed E-state index contributed by atoms with van der Waals surface area (Å²) in [4.78, 5) is 4.78. The number of hydrogen-bond donors (Lipinski definition) is 1. The van der Waals surface area contributed by atoms with E-state index in [9.17, 15) is 0 Å². The van der Waals surface area contributed by atoms with Crippen LogP contribution in [0.25, 0.3) is 27.7 Å². The maximum Gasteiger partial charge on any atom is 0.140 e. The highest BCUT2D eigenvalue weighted by molar-refractivity contribution is 5.96. The lowest BCUT2D eigenvalue weighted by Gasteiger charge is -2.02. The number of aryl methyl sites for hydroxylation is 1. The Morgan fingerprint density at radius 3 is 2.71 bits per heavy atom. The summed E-state index contributed by atoms with van der Waals surface area (Å²) in [6.07, 6.45) is 3.95. The van der Waals surface area contributed by atoms with Crippen molar-refractivity contribution in [2.24, 2.45) is 0 Å². The first-order valence-electron chi connectivity index (χ1n) is 6.95. The molecule has 3 nitrogen and oxygen atoms in total. The van der Waals surface area contributed by atoms with E-state index in [1.807, 2.05) is 29.8 Å². The number of anilines is 1. The Morgan fingerprint density at radius 2 is 1.81 bits per heavy atom. The molecule has 2 heterocycles. The zero-order chi connectivity index (χ0) is 14.4. The molecule has 0 radical (unpaired) electrons. The van der Waals surface area contributed by atoms with Gasteiger partial charge in [0.25, 0.3) is 0 Å². The number of nitrogens with two attached hydrogens (primary N) is 1. The maximum atomic E-state index is 5.91. The van der Waals surface area contributed by atoms with Gasteiger partial charge in [-0.1, -0.05) is 42.5 Å². The lowest BCUT2D eigenvalue weighted by Crippen LogP contribution is -1.92. The Bertz CT molecular complexity index is 961. The molecule has 0 saturated heterocycles. The summed E-state index contributed by atoms with van der Waals surface area (Å²) in [6, 6.07) is 16.6. The second-order valence-corrected chi connectivity index (χ2v) is 5.34. The highest BCUT2D eigenvalue weighted by atomic mass is 15.0. The molecule has 0 aliphatic rings. The minimum atomic E-state index is 0.752. The zero-order valence-corrected chi connectivity index (χ0v) is 11.7. The first-order valence-corrected chi connectivity index (χ1v) is 6.95. The van der Waals surface area contributed by atoms with Crippen LogP contribution < -0.4 is 5.73 Å². The molecule has 21 heavy (non-hydrogen) atoms. The van der Waals surface area contributed by atoms with E-state index in [1.54, 1.807) is 0 Å². The van der Waals surface area contributed by atoms with Crippen molar-refractivity contribution < 1.29 is 0 Å². The van der Waals surface area contributed by atoms with Crippen molar-refractivity contribution in [3.05, 3.63) is 66.5 Å². The molecule has 4 rings (SSSR count). The SMILES string of the molecule is Cc1cc(N)cn2cc(-c3cccc4ccccc34)nc12. The van der Waals surface area contributed by atoms with E-state index in [1.165, 1.54) is 10.8 Å². The molecule has 2 N–H and O–H groups in total. The number of nitrogens with zero attached hydrogens (tertiary/aromatic N) is 2. The van der Waals surface area contributed by atoms with Crippen molar-refractivity contribution in [1.29, 1.82) is 0 Å². The predicted molar refractivity (Wildman–Crippen MR) is 87.3 cm³/mol. The molecule has 2 aromatic carbocycles. The van der Waals surface area contributed by atoms with Crippen LogP contribution in [0.5, 0.6) is 0 Å². The molecular formula is C18H15N3. The molecule has 0 amide bonds. The average molecular weight is 273 g/mol. The van der Waals surface area contributed by atoms with Gasteiger partial charge in [-0.2, -0.15) is 0 Å². The van der Waals surface area contributed by atoms with E-state index >= 15 is 0 Å². The van der Waals surface area contributed by atoms with Crippen molar-refractivity contribution in [3.63, 3.8) is 0 Å². The summed E-state index contributed by atoms with van der Waals surface area (Å²) < 4.78 is 2.00. The third kappa shape index (κ3) is 1.86. The van der Waals surface area contributed by atoms with E-state index in [0.717, 1.165) is 28.2 Å². The molecule has 3 heteroatoms. The minimum absolute atomic E-state index is 0.752. The van der Waals surface area contributed by atoms with E-state index in [0.29, 0.717) is 0 Å². The van der Waals surface area contributed by atoms with Gasteiger partial charge in [-0.05, 0) is 29.3 Å². The van der Waals surface area contributed by atoms with Gasteiger partial charge in [0.2, 0.25) is 0 Å². The molecule has 4 aromatic rings. The Hall–Kier alpha value is -2.81. The molecule has 0 bridgehead atoms. The van der Waals surface area contributed by atoms with Gasteiger partial charge in [-0.3, -0.25) is 0 Å². The summed E-state index contributed by atoms with van der Waals surface area (Å²) in [5.41, 5.74) is 10.8. The van der Waals surface area contributed by atoms with Gasteiger partial charge in [0.1, 0.15) is 5.65 Å². The van der Waals surface area contributed by atoms with E-state index < -0.39 is 0 Å². The molecule has 0 saturated carbocycles. The third-order valence-corrected chi connectivity index (χ3v) is 3.82. The molecule has 0 atom stereocenters. The normalized spacial score (nSPS) is 11.3. The number of benzene rings is 2. The number of hydrogen-bond acceptors (Lipinski definition) is 2. The summed E-state index contributed by atoms with van der Waals surface area (Å²) in [5.74, 6) is 0. The fourth-order valence-electron chi connectivity index (χ4n) is 2.87. The van der Waals surface area contributed by atoms with Crippen molar-refractivity contribution >= 4 is 22.1 Å². The van der Waals surface area contributed by atoms with Crippen LogP contribution in [0.2, 0.25) is 0 Å². The highest BCUT2D eigenvalue weighted by Gasteiger charge is 2.09. The smallest absolute Gasteiger partial charge is 0.140 e. The second-order valence-electron chi connectivity index (χ2n) is 5.34. The lowest BCUT2D eigenvalue weighted by atomic mass is 10.0. The lowest BCUT2D eigenvalue weighted by molar-refractivity contribution is 1.17. The van der Waals surface area contributed by atoms with Gasteiger partial charge in [0.05, 0.1) is 5.69 Å². The molecule has 0 aliphatic carbocycles. The first-order chi connectivity index (χ1) is 10.2. The van der Waals surface area contributed by atoms with Crippen molar-refractivity contribution in [1.82, 2.24) is 9.38 Å². The Balaban J connectivity index is 2.03. The zero-order valence-electron chi connectivity index (χ0n) is 11.7. The molecule has 102 valence electrons. The van der Waals surface area contributed by atoms with Crippen LogP contribution in [0.4, 0.5) is 5.69 Å². The van der Waals surface area contributed by atoms with Gasteiger partial charge in [0.15, 0.2) is 0 Å². The molecule has 0 fully saturated rings. The number of fused-ring (bicyclic) bond motifs is 2. The fourth-order valence-corrected chi connectivity index (χ4v) is 2.87. The van der Waals surface area contributed by atoms with E-state index in [2.05, 4.69) is 42.5 Å². The molecular weight excluding hydrogens is 258 g/mol. The first kappa shape index (κ1) is 12.0. The van der Waals surface area contributed by atoms with Crippen LogP contribution >= 0.6 is 0 Å². The van der Waals surface area contributed by atoms with Gasteiger partial charge >= 0.3 is 0 Å². The molecule has 0 unspecified atom stereocenters. The van der Waals surface area contributed by atoms with Crippen LogP contribution in [-0.2, 0) is 0 Å². The summed E-state index contributed by atoms with van der Waals surface area (Å²) >= 11 is 0. The Morgan fingerprint density at radius 1 is 1.00 bits per heavy atom. The summed E-state index contributed by atoms with van der Waals surface area (Å²) in [7, 11) is 0.